The predicted octanol–water partition coefficient (Wildman–Crippen LogP) is -2.81. The van der Waals surface area contributed by atoms with Gasteiger partial charge in [-0.25, -0.2) is 0 Å². The Hall–Kier alpha value is -0.530. The van der Waals surface area contributed by atoms with Gasteiger partial charge < -0.3 is 25.2 Å². The highest BCUT2D eigenvalue weighted by Crippen LogP contribution is 2.06. The fraction of sp³-hybridized carbons (Fsp3) is 0.875. The van der Waals surface area contributed by atoms with Crippen molar-refractivity contribution in [1.29, 1.82) is 0 Å². The molecule has 6 nitrogen and oxygen atoms in total. The summed E-state index contributed by atoms with van der Waals surface area (Å²) in [7, 11) is 3.11. The number of rotatable bonds is 6. The molecule has 0 aromatic heterocycles. The summed E-state index contributed by atoms with van der Waals surface area (Å²) >= 11 is 0. The molecule has 4 atom stereocenters. The van der Waals surface area contributed by atoms with Crippen LogP contribution in [-0.2, 0) is 4.79 Å². The summed E-state index contributed by atoms with van der Waals surface area (Å²) in [6, 6.07) is -0.911. The number of hydrogen-bond donors (Lipinski definition) is 4. The van der Waals surface area contributed by atoms with Crippen LogP contribution in [0, 0.1) is 0 Å². The number of likely N-dealkylation sites (N-methyl/N-ethyl adjacent to an activating group) is 1. The Labute approximate surface area is 82.4 Å². The fourth-order valence-corrected chi connectivity index (χ4v) is 1.05. The van der Waals surface area contributed by atoms with E-state index in [-0.39, 0.29) is 0 Å². The fourth-order valence-electron chi connectivity index (χ4n) is 1.05. The third kappa shape index (κ3) is 3.32. The third-order valence-electron chi connectivity index (χ3n) is 2.02. The van der Waals surface area contributed by atoms with Crippen LogP contribution in [0.5, 0.6) is 0 Å². The molecule has 0 heterocycles. The number of hydrogen-bond acceptors (Lipinski definition) is 6. The van der Waals surface area contributed by atoms with Gasteiger partial charge in [-0.2, -0.15) is 0 Å². The van der Waals surface area contributed by atoms with Crippen LogP contribution in [-0.4, -0.2) is 76.7 Å². The Balaban J connectivity index is 4.41. The SMILES string of the molecule is CN(C)C(C=O)C(O)C(O)C(O)CO. The summed E-state index contributed by atoms with van der Waals surface area (Å²) in [5.74, 6) is 0. The van der Waals surface area contributed by atoms with Gasteiger partial charge in [0.1, 0.15) is 24.6 Å². The zero-order chi connectivity index (χ0) is 11.3. The van der Waals surface area contributed by atoms with Gasteiger partial charge in [0.05, 0.1) is 12.6 Å². The molecule has 0 aliphatic heterocycles. The Morgan fingerprint density at radius 1 is 1.21 bits per heavy atom. The Bertz CT molecular complexity index is 175. The zero-order valence-corrected chi connectivity index (χ0v) is 8.24. The highest BCUT2D eigenvalue weighted by molar-refractivity contribution is 5.58. The van der Waals surface area contributed by atoms with Gasteiger partial charge in [-0.05, 0) is 14.1 Å². The molecule has 4 unspecified atom stereocenters. The first-order valence-corrected chi connectivity index (χ1v) is 4.22. The van der Waals surface area contributed by atoms with Crippen molar-refractivity contribution in [2.24, 2.45) is 0 Å². The maximum absolute atomic E-state index is 10.5. The van der Waals surface area contributed by atoms with Gasteiger partial charge >= 0.3 is 0 Å². The van der Waals surface area contributed by atoms with E-state index in [1.807, 2.05) is 0 Å². The molecular weight excluding hydrogens is 190 g/mol. The van der Waals surface area contributed by atoms with Crippen LogP contribution < -0.4 is 0 Å². The highest BCUT2D eigenvalue weighted by Gasteiger charge is 2.31. The summed E-state index contributed by atoms with van der Waals surface area (Å²) in [5, 5.41) is 36.3. The van der Waals surface area contributed by atoms with Crippen LogP contribution >= 0.6 is 0 Å². The van der Waals surface area contributed by atoms with E-state index in [1.54, 1.807) is 14.1 Å². The maximum Gasteiger partial charge on any atom is 0.139 e. The molecule has 0 aromatic rings. The van der Waals surface area contributed by atoms with Gasteiger partial charge in [-0.15, -0.1) is 0 Å². The van der Waals surface area contributed by atoms with Crippen LogP contribution in [0.2, 0.25) is 0 Å². The smallest absolute Gasteiger partial charge is 0.139 e. The van der Waals surface area contributed by atoms with Gasteiger partial charge in [0.15, 0.2) is 0 Å². The number of aliphatic hydroxyl groups is 4. The minimum absolute atomic E-state index is 0.470. The van der Waals surface area contributed by atoms with Crippen molar-refractivity contribution < 1.29 is 25.2 Å². The van der Waals surface area contributed by atoms with E-state index in [0.29, 0.717) is 6.29 Å². The first-order chi connectivity index (χ1) is 6.45. The van der Waals surface area contributed by atoms with E-state index in [0.717, 1.165) is 0 Å². The second-order valence-electron chi connectivity index (χ2n) is 3.32. The molecule has 4 N–H and O–H groups in total. The van der Waals surface area contributed by atoms with Gasteiger partial charge in [-0.1, -0.05) is 0 Å². The number of carbonyl (C=O) groups excluding carboxylic acids is 1. The average molecular weight is 207 g/mol. The van der Waals surface area contributed by atoms with Crippen molar-refractivity contribution in [3.05, 3.63) is 0 Å². The maximum atomic E-state index is 10.5. The molecule has 84 valence electrons. The normalized spacial score (nSPS) is 20.2. The topological polar surface area (TPSA) is 101 Å². The third-order valence-corrected chi connectivity index (χ3v) is 2.02. The molecule has 0 bridgehead atoms. The van der Waals surface area contributed by atoms with Gasteiger partial charge in [0, 0.05) is 0 Å². The van der Waals surface area contributed by atoms with Crippen LogP contribution in [0.15, 0.2) is 0 Å². The van der Waals surface area contributed by atoms with E-state index < -0.39 is 31.0 Å². The summed E-state index contributed by atoms with van der Waals surface area (Å²) < 4.78 is 0. The van der Waals surface area contributed by atoms with Gasteiger partial charge in [0.2, 0.25) is 0 Å². The quantitative estimate of drug-likeness (QED) is 0.351. The lowest BCUT2D eigenvalue weighted by Crippen LogP contribution is -2.51. The monoisotopic (exact) mass is 207 g/mol. The zero-order valence-electron chi connectivity index (χ0n) is 8.24. The lowest BCUT2D eigenvalue weighted by Gasteiger charge is -2.29. The molecule has 0 saturated carbocycles. The first kappa shape index (κ1) is 13.5. The number of carbonyl (C=O) groups is 1. The standard InChI is InChI=1S/C8H17NO5/c1-9(2)5(3-10)7(13)8(14)6(12)4-11/h3,5-8,11-14H,4H2,1-2H3. The Morgan fingerprint density at radius 3 is 2.00 bits per heavy atom. The molecule has 0 aliphatic rings. The lowest BCUT2D eigenvalue weighted by molar-refractivity contribution is -0.126. The van der Waals surface area contributed by atoms with E-state index in [1.165, 1.54) is 4.90 Å². The molecule has 0 amide bonds. The van der Waals surface area contributed by atoms with Crippen molar-refractivity contribution in [3.63, 3.8) is 0 Å². The molecule has 0 saturated heterocycles. The van der Waals surface area contributed by atoms with Crippen LogP contribution in [0.4, 0.5) is 0 Å². The second-order valence-corrected chi connectivity index (χ2v) is 3.32. The number of nitrogens with zero attached hydrogens (tertiary/aromatic N) is 1. The molecule has 0 aliphatic carbocycles. The van der Waals surface area contributed by atoms with Crippen molar-refractivity contribution >= 4 is 6.29 Å². The molecule has 0 aromatic carbocycles. The molecule has 0 radical (unpaired) electrons. The van der Waals surface area contributed by atoms with E-state index in [4.69, 9.17) is 10.2 Å². The van der Waals surface area contributed by atoms with Gasteiger partial charge in [0.25, 0.3) is 0 Å². The molecule has 14 heavy (non-hydrogen) atoms. The van der Waals surface area contributed by atoms with Crippen molar-refractivity contribution in [1.82, 2.24) is 4.90 Å². The number of aliphatic hydroxyl groups excluding tert-OH is 4. The summed E-state index contributed by atoms with van der Waals surface area (Å²) in [6.45, 7) is -0.669. The highest BCUT2D eigenvalue weighted by atomic mass is 16.4. The molecule has 0 rings (SSSR count). The largest absolute Gasteiger partial charge is 0.394 e. The van der Waals surface area contributed by atoms with Crippen molar-refractivity contribution in [2.45, 2.75) is 24.4 Å². The van der Waals surface area contributed by atoms with E-state index >= 15 is 0 Å². The van der Waals surface area contributed by atoms with E-state index in [9.17, 15) is 15.0 Å². The number of aldehydes is 1. The summed E-state index contributed by atoms with van der Waals surface area (Å²) in [5.41, 5.74) is 0. The Morgan fingerprint density at radius 2 is 1.71 bits per heavy atom. The van der Waals surface area contributed by atoms with Crippen LogP contribution in [0.1, 0.15) is 0 Å². The molecule has 6 heteroatoms. The first-order valence-electron chi connectivity index (χ1n) is 4.22. The molecule has 0 fully saturated rings. The molecular formula is C8H17NO5. The van der Waals surface area contributed by atoms with E-state index in [2.05, 4.69) is 0 Å². The summed E-state index contributed by atoms with van der Waals surface area (Å²) in [6.07, 6.45) is -3.95. The molecule has 0 spiro atoms. The summed E-state index contributed by atoms with van der Waals surface area (Å²) in [4.78, 5) is 12.0. The van der Waals surface area contributed by atoms with Crippen LogP contribution in [0.25, 0.3) is 0 Å². The van der Waals surface area contributed by atoms with Crippen LogP contribution in [0.3, 0.4) is 0 Å². The lowest BCUT2D eigenvalue weighted by atomic mass is 10.0. The second kappa shape index (κ2) is 6.05. The van der Waals surface area contributed by atoms with Gasteiger partial charge in [-0.3, -0.25) is 4.90 Å². The predicted molar refractivity (Wildman–Crippen MR) is 48.6 cm³/mol. The minimum atomic E-state index is -1.54. The van der Waals surface area contributed by atoms with Crippen molar-refractivity contribution in [2.75, 3.05) is 20.7 Å². The Kier molecular flexibility index (Phi) is 5.82. The minimum Gasteiger partial charge on any atom is -0.394 e. The van der Waals surface area contributed by atoms with Crippen molar-refractivity contribution in [3.8, 4) is 0 Å². The average Bonchev–Trinajstić information content (AvgIpc) is 2.15.